The van der Waals surface area contributed by atoms with E-state index in [9.17, 15) is 0 Å². The van der Waals surface area contributed by atoms with Crippen LogP contribution in [0.5, 0.6) is 5.75 Å². The summed E-state index contributed by atoms with van der Waals surface area (Å²) in [5, 5.41) is 0.700. The van der Waals surface area contributed by atoms with Gasteiger partial charge in [0.2, 0.25) is 0 Å². The molecule has 0 N–H and O–H groups in total. The Morgan fingerprint density at radius 1 is 1.14 bits per heavy atom. The lowest BCUT2D eigenvalue weighted by molar-refractivity contribution is -0.0685. The van der Waals surface area contributed by atoms with Gasteiger partial charge in [-0.15, -0.1) is 0 Å². The fourth-order valence-corrected chi connectivity index (χ4v) is 3.01. The molecule has 3 rings (SSSR count). The molecule has 1 aromatic carbocycles. The normalized spacial score (nSPS) is 20.5. The molecule has 0 spiro atoms. The first kappa shape index (κ1) is 15.6. The number of nitrogens with zero attached hydrogens (tertiary/aromatic N) is 1. The van der Waals surface area contributed by atoms with Gasteiger partial charge < -0.3 is 9.47 Å². The van der Waals surface area contributed by atoms with Crippen LogP contribution < -0.4 is 4.74 Å². The quantitative estimate of drug-likeness (QED) is 0.732. The first-order chi connectivity index (χ1) is 10.6. The third-order valence-corrected chi connectivity index (χ3v) is 4.20. The Hall–Kier alpha value is -1.29. The zero-order valence-corrected chi connectivity index (χ0v) is 13.8. The molecule has 22 heavy (non-hydrogen) atoms. The van der Waals surface area contributed by atoms with E-state index in [1.54, 1.807) is 6.07 Å². The molecule has 1 saturated carbocycles. The van der Waals surface area contributed by atoms with Gasteiger partial charge in [0, 0.05) is 12.8 Å². The molecule has 3 nitrogen and oxygen atoms in total. The van der Waals surface area contributed by atoms with Gasteiger partial charge in [0.15, 0.2) is 10.9 Å². The van der Waals surface area contributed by atoms with Gasteiger partial charge in [0.25, 0.3) is 0 Å². The molecule has 5 heteroatoms. The van der Waals surface area contributed by atoms with E-state index in [0.717, 1.165) is 18.4 Å². The van der Waals surface area contributed by atoms with Crippen molar-refractivity contribution in [3.63, 3.8) is 0 Å². The van der Waals surface area contributed by atoms with Crippen molar-refractivity contribution in [2.45, 2.75) is 38.6 Å². The van der Waals surface area contributed by atoms with Gasteiger partial charge in [0.05, 0.1) is 12.7 Å². The van der Waals surface area contributed by atoms with Crippen molar-refractivity contribution in [2.24, 2.45) is 0 Å². The number of aryl methyl sites for hydroxylation is 1. The number of pyridine rings is 1. The minimum atomic E-state index is 0.125. The molecule has 0 bridgehead atoms. The summed E-state index contributed by atoms with van der Waals surface area (Å²) >= 11 is 11.9. The molecule has 0 saturated heterocycles. The standard InChI is InChI=1S/C17H17Cl2NO2/c1-11-7-15(18)20-17(19)16(11)22-14-8-13(9-14)21-10-12-5-3-2-4-6-12/h2-7,13-14H,8-10H2,1H3. The van der Waals surface area contributed by atoms with Crippen LogP contribution in [0.4, 0.5) is 0 Å². The fraction of sp³-hybridized carbons (Fsp3) is 0.353. The van der Waals surface area contributed by atoms with E-state index in [2.05, 4.69) is 17.1 Å². The Labute approximate surface area is 140 Å². The highest BCUT2D eigenvalue weighted by Gasteiger charge is 2.32. The minimum Gasteiger partial charge on any atom is -0.487 e. The Kier molecular flexibility index (Phi) is 4.87. The van der Waals surface area contributed by atoms with Gasteiger partial charge >= 0.3 is 0 Å². The first-order valence-electron chi connectivity index (χ1n) is 7.26. The smallest absolute Gasteiger partial charge is 0.172 e. The second-order valence-corrected chi connectivity index (χ2v) is 6.26. The number of aromatic nitrogens is 1. The number of hydrogen-bond acceptors (Lipinski definition) is 3. The average Bonchev–Trinajstić information content (AvgIpc) is 2.44. The van der Waals surface area contributed by atoms with Crippen molar-refractivity contribution in [1.29, 1.82) is 0 Å². The van der Waals surface area contributed by atoms with Gasteiger partial charge in [-0.1, -0.05) is 53.5 Å². The van der Waals surface area contributed by atoms with Crippen LogP contribution >= 0.6 is 23.2 Å². The molecular weight excluding hydrogens is 321 g/mol. The molecule has 0 amide bonds. The molecule has 1 aromatic heterocycles. The predicted octanol–water partition coefficient (Wildman–Crippen LogP) is 4.82. The van der Waals surface area contributed by atoms with Crippen LogP contribution in [0, 0.1) is 6.92 Å². The molecule has 116 valence electrons. The lowest BCUT2D eigenvalue weighted by Crippen LogP contribution is -2.39. The molecule has 1 aliphatic rings. The maximum Gasteiger partial charge on any atom is 0.172 e. The number of ether oxygens (including phenoxy) is 2. The van der Waals surface area contributed by atoms with Crippen molar-refractivity contribution in [3.05, 3.63) is 57.8 Å². The van der Waals surface area contributed by atoms with E-state index in [1.807, 2.05) is 25.1 Å². The molecule has 1 heterocycles. The summed E-state index contributed by atoms with van der Waals surface area (Å²) < 4.78 is 11.8. The summed E-state index contributed by atoms with van der Waals surface area (Å²) in [6.45, 7) is 2.55. The van der Waals surface area contributed by atoms with Crippen molar-refractivity contribution < 1.29 is 9.47 Å². The van der Waals surface area contributed by atoms with E-state index < -0.39 is 0 Å². The van der Waals surface area contributed by atoms with E-state index in [4.69, 9.17) is 32.7 Å². The highest BCUT2D eigenvalue weighted by molar-refractivity contribution is 6.33. The van der Waals surface area contributed by atoms with Gasteiger partial charge in [0.1, 0.15) is 11.3 Å². The van der Waals surface area contributed by atoms with Crippen LogP contribution in [0.2, 0.25) is 10.3 Å². The van der Waals surface area contributed by atoms with Crippen LogP contribution in [-0.2, 0) is 11.3 Å². The Bertz CT molecular complexity index is 619. The molecule has 0 aliphatic heterocycles. The number of benzene rings is 1. The monoisotopic (exact) mass is 337 g/mol. The van der Waals surface area contributed by atoms with Crippen LogP contribution in [0.3, 0.4) is 0 Å². The summed E-state index contributed by atoms with van der Waals surface area (Å²) in [7, 11) is 0. The number of rotatable bonds is 5. The molecule has 2 aromatic rings. The summed E-state index contributed by atoms with van der Waals surface area (Å²) in [6.07, 6.45) is 2.10. The summed E-state index contributed by atoms with van der Waals surface area (Å²) in [5.41, 5.74) is 2.09. The zero-order chi connectivity index (χ0) is 15.5. The van der Waals surface area contributed by atoms with Crippen molar-refractivity contribution in [1.82, 2.24) is 4.98 Å². The predicted molar refractivity (Wildman–Crippen MR) is 87.7 cm³/mol. The topological polar surface area (TPSA) is 31.4 Å². The summed E-state index contributed by atoms with van der Waals surface area (Å²) in [4.78, 5) is 4.02. The Morgan fingerprint density at radius 2 is 1.86 bits per heavy atom. The van der Waals surface area contributed by atoms with E-state index in [-0.39, 0.29) is 12.2 Å². The van der Waals surface area contributed by atoms with E-state index in [0.29, 0.717) is 22.7 Å². The van der Waals surface area contributed by atoms with Crippen molar-refractivity contribution in [2.75, 3.05) is 0 Å². The van der Waals surface area contributed by atoms with Crippen LogP contribution in [-0.4, -0.2) is 17.2 Å². The highest BCUT2D eigenvalue weighted by Crippen LogP contribution is 2.34. The molecule has 0 unspecified atom stereocenters. The van der Waals surface area contributed by atoms with Gasteiger partial charge in [-0.3, -0.25) is 0 Å². The molecule has 1 aliphatic carbocycles. The van der Waals surface area contributed by atoms with Crippen LogP contribution in [0.15, 0.2) is 36.4 Å². The molecular formula is C17H17Cl2NO2. The average molecular weight is 338 g/mol. The van der Waals surface area contributed by atoms with Crippen LogP contribution in [0.1, 0.15) is 24.0 Å². The SMILES string of the molecule is Cc1cc(Cl)nc(Cl)c1OC1CC(OCc2ccccc2)C1. The van der Waals surface area contributed by atoms with E-state index >= 15 is 0 Å². The Balaban J connectivity index is 1.48. The van der Waals surface area contributed by atoms with Crippen molar-refractivity contribution in [3.8, 4) is 5.75 Å². The Morgan fingerprint density at radius 3 is 2.55 bits per heavy atom. The van der Waals surface area contributed by atoms with E-state index in [1.165, 1.54) is 5.56 Å². The lowest BCUT2D eigenvalue weighted by atomic mass is 9.92. The van der Waals surface area contributed by atoms with Gasteiger partial charge in [-0.25, -0.2) is 4.98 Å². The summed E-state index contributed by atoms with van der Waals surface area (Å²) in [5.74, 6) is 0.623. The molecule has 1 fully saturated rings. The molecule has 0 radical (unpaired) electrons. The largest absolute Gasteiger partial charge is 0.487 e. The lowest BCUT2D eigenvalue weighted by Gasteiger charge is -2.35. The second-order valence-electron chi connectivity index (χ2n) is 5.51. The second kappa shape index (κ2) is 6.86. The number of halogens is 2. The van der Waals surface area contributed by atoms with Gasteiger partial charge in [-0.2, -0.15) is 0 Å². The maximum absolute atomic E-state index is 6.09. The maximum atomic E-state index is 6.09. The fourth-order valence-electron chi connectivity index (χ4n) is 2.43. The first-order valence-corrected chi connectivity index (χ1v) is 8.02. The van der Waals surface area contributed by atoms with Crippen molar-refractivity contribution >= 4 is 23.2 Å². The van der Waals surface area contributed by atoms with Gasteiger partial charge in [-0.05, 0) is 24.1 Å². The summed E-state index contributed by atoms with van der Waals surface area (Å²) in [6, 6.07) is 11.9. The highest BCUT2D eigenvalue weighted by atomic mass is 35.5. The third kappa shape index (κ3) is 3.72. The molecule has 0 atom stereocenters. The third-order valence-electron chi connectivity index (χ3n) is 3.75. The zero-order valence-electron chi connectivity index (χ0n) is 12.3. The number of hydrogen-bond donors (Lipinski definition) is 0. The van der Waals surface area contributed by atoms with Crippen LogP contribution in [0.25, 0.3) is 0 Å². The minimum absolute atomic E-state index is 0.125.